The highest BCUT2D eigenvalue weighted by Gasteiger charge is 2.21. The Morgan fingerprint density at radius 2 is 2.14 bits per heavy atom. The van der Waals surface area contributed by atoms with Crippen molar-refractivity contribution in [2.75, 3.05) is 13.6 Å². The fraction of sp³-hybridized carbons (Fsp3) is 0.875. The van der Waals surface area contributed by atoms with Crippen LogP contribution in [0.4, 0.5) is 0 Å². The predicted octanol–water partition coefficient (Wildman–Crippen LogP) is 0.465. The highest BCUT2D eigenvalue weighted by Crippen LogP contribution is 2.04. The molecule has 0 saturated carbocycles. The summed E-state index contributed by atoms with van der Waals surface area (Å²) in [6, 6.07) is 1.65. The first-order valence-electron chi connectivity index (χ1n) is 4.55. The van der Waals surface area contributed by atoms with Crippen molar-refractivity contribution in [3.05, 3.63) is 0 Å². The van der Waals surface area contributed by atoms with Crippen LogP contribution in [0.25, 0.3) is 0 Å². The number of rotatable bonds is 6. The fourth-order valence-electron chi connectivity index (χ4n) is 0.830. The van der Waals surface area contributed by atoms with Crippen molar-refractivity contribution in [3.8, 4) is 6.07 Å². The van der Waals surface area contributed by atoms with Gasteiger partial charge in [-0.2, -0.15) is 18.0 Å². The second-order valence-electron chi connectivity index (χ2n) is 3.13. The van der Waals surface area contributed by atoms with Gasteiger partial charge < -0.3 is 0 Å². The predicted molar refractivity (Wildman–Crippen MR) is 54.7 cm³/mol. The van der Waals surface area contributed by atoms with E-state index in [1.54, 1.807) is 6.92 Å². The molecule has 0 aliphatic heterocycles. The van der Waals surface area contributed by atoms with Crippen LogP contribution in [-0.4, -0.2) is 32.4 Å². The van der Waals surface area contributed by atoms with E-state index in [2.05, 4.69) is 4.72 Å². The lowest BCUT2D eigenvalue weighted by molar-refractivity contribution is 0.386. The van der Waals surface area contributed by atoms with Crippen LogP contribution in [-0.2, 0) is 10.2 Å². The Morgan fingerprint density at radius 3 is 2.57 bits per heavy atom. The number of hydrogen-bond acceptors (Lipinski definition) is 3. The molecule has 0 saturated heterocycles. The van der Waals surface area contributed by atoms with Gasteiger partial charge in [-0.25, -0.2) is 4.72 Å². The molecule has 0 heterocycles. The Kier molecular flexibility index (Phi) is 5.69. The summed E-state index contributed by atoms with van der Waals surface area (Å²) < 4.78 is 26.6. The van der Waals surface area contributed by atoms with Gasteiger partial charge in [-0.1, -0.05) is 6.92 Å². The van der Waals surface area contributed by atoms with Gasteiger partial charge in [0.2, 0.25) is 0 Å². The summed E-state index contributed by atoms with van der Waals surface area (Å²) in [7, 11) is -1.94. The number of nitriles is 1. The quantitative estimate of drug-likeness (QED) is 0.705. The van der Waals surface area contributed by atoms with Crippen molar-refractivity contribution in [3.63, 3.8) is 0 Å². The first-order chi connectivity index (χ1) is 6.45. The summed E-state index contributed by atoms with van der Waals surface area (Å²) in [5, 5.41) is 8.44. The minimum absolute atomic E-state index is 0.198. The van der Waals surface area contributed by atoms with Gasteiger partial charge in [0.1, 0.15) is 0 Å². The van der Waals surface area contributed by atoms with Gasteiger partial charge in [-0.05, 0) is 13.3 Å². The molecular weight excluding hydrogens is 202 g/mol. The molecule has 0 amide bonds. The zero-order valence-corrected chi connectivity index (χ0v) is 9.63. The summed E-state index contributed by atoms with van der Waals surface area (Å²) in [4.78, 5) is 0. The van der Waals surface area contributed by atoms with E-state index in [1.165, 1.54) is 11.4 Å². The fourth-order valence-corrected chi connectivity index (χ4v) is 2.04. The molecule has 0 aliphatic rings. The number of nitrogens with one attached hydrogen (secondary N) is 1. The van der Waals surface area contributed by atoms with Crippen LogP contribution in [0.15, 0.2) is 0 Å². The van der Waals surface area contributed by atoms with Crippen LogP contribution in [0.1, 0.15) is 26.7 Å². The minimum Gasteiger partial charge on any atom is -0.202 e. The molecule has 0 rings (SSSR count). The Balaban J connectivity index is 4.36. The largest absolute Gasteiger partial charge is 0.279 e. The molecule has 0 fully saturated rings. The third-order valence-corrected chi connectivity index (χ3v) is 3.61. The third-order valence-electron chi connectivity index (χ3n) is 1.92. The molecule has 1 N–H and O–H groups in total. The molecule has 0 radical (unpaired) electrons. The first kappa shape index (κ1) is 13.4. The van der Waals surface area contributed by atoms with E-state index in [0.717, 1.165) is 6.42 Å². The summed E-state index contributed by atoms with van der Waals surface area (Å²) in [6.45, 7) is 4.02. The standard InChI is InChI=1S/C8H17N3O2S/c1-4-7-10-14(12,13)11(3)8(2)5-6-9/h8,10H,4-5,7H2,1-3H3. The van der Waals surface area contributed by atoms with Crippen molar-refractivity contribution in [2.45, 2.75) is 32.7 Å². The topological polar surface area (TPSA) is 73.2 Å². The SMILES string of the molecule is CCCNS(=O)(=O)N(C)C(C)CC#N. The Bertz CT molecular complexity index is 294. The van der Waals surface area contributed by atoms with Gasteiger partial charge in [-0.3, -0.25) is 0 Å². The summed E-state index contributed by atoms with van der Waals surface area (Å²) in [5.74, 6) is 0. The molecule has 0 spiro atoms. The van der Waals surface area contributed by atoms with Gasteiger partial charge in [-0.15, -0.1) is 0 Å². The molecule has 5 nitrogen and oxygen atoms in total. The first-order valence-corrected chi connectivity index (χ1v) is 5.99. The zero-order chi connectivity index (χ0) is 11.2. The molecule has 1 unspecified atom stereocenters. The number of nitrogens with zero attached hydrogens (tertiary/aromatic N) is 2. The third kappa shape index (κ3) is 4.05. The van der Waals surface area contributed by atoms with Crippen molar-refractivity contribution in [1.29, 1.82) is 5.26 Å². The van der Waals surface area contributed by atoms with Gasteiger partial charge in [0, 0.05) is 19.6 Å². The van der Waals surface area contributed by atoms with E-state index in [1.807, 2.05) is 13.0 Å². The smallest absolute Gasteiger partial charge is 0.202 e. The Morgan fingerprint density at radius 1 is 1.57 bits per heavy atom. The number of hydrogen-bond donors (Lipinski definition) is 1. The van der Waals surface area contributed by atoms with Gasteiger partial charge in [0.25, 0.3) is 10.2 Å². The second-order valence-corrected chi connectivity index (χ2v) is 4.94. The average Bonchev–Trinajstić information content (AvgIpc) is 2.14. The van der Waals surface area contributed by atoms with Crippen molar-refractivity contribution < 1.29 is 8.42 Å². The molecule has 0 aromatic carbocycles. The van der Waals surface area contributed by atoms with E-state index >= 15 is 0 Å². The van der Waals surface area contributed by atoms with Crippen molar-refractivity contribution in [2.24, 2.45) is 0 Å². The molecule has 0 bridgehead atoms. The molecule has 82 valence electrons. The molecule has 14 heavy (non-hydrogen) atoms. The molecule has 0 aromatic rings. The second kappa shape index (κ2) is 5.96. The van der Waals surface area contributed by atoms with E-state index < -0.39 is 10.2 Å². The van der Waals surface area contributed by atoms with Crippen LogP contribution in [0.5, 0.6) is 0 Å². The van der Waals surface area contributed by atoms with Crippen LogP contribution in [0.2, 0.25) is 0 Å². The minimum atomic E-state index is -3.41. The lowest BCUT2D eigenvalue weighted by atomic mass is 10.3. The van der Waals surface area contributed by atoms with Gasteiger partial charge in [0.15, 0.2) is 0 Å². The van der Waals surface area contributed by atoms with Crippen LogP contribution >= 0.6 is 0 Å². The lowest BCUT2D eigenvalue weighted by Crippen LogP contribution is -2.43. The average molecular weight is 219 g/mol. The van der Waals surface area contributed by atoms with E-state index in [9.17, 15) is 8.42 Å². The van der Waals surface area contributed by atoms with Crippen molar-refractivity contribution >= 4 is 10.2 Å². The lowest BCUT2D eigenvalue weighted by Gasteiger charge is -2.22. The highest BCUT2D eigenvalue weighted by molar-refractivity contribution is 7.87. The van der Waals surface area contributed by atoms with Crippen LogP contribution in [0, 0.1) is 11.3 Å². The summed E-state index contributed by atoms with van der Waals surface area (Å²) in [5.41, 5.74) is 0. The van der Waals surface area contributed by atoms with Gasteiger partial charge in [0.05, 0.1) is 12.5 Å². The summed E-state index contributed by atoms with van der Waals surface area (Å²) in [6.07, 6.45) is 0.948. The zero-order valence-electron chi connectivity index (χ0n) is 8.82. The summed E-state index contributed by atoms with van der Waals surface area (Å²) >= 11 is 0. The maximum absolute atomic E-state index is 11.5. The molecular formula is C8H17N3O2S. The molecule has 6 heteroatoms. The molecule has 0 aromatic heterocycles. The van der Waals surface area contributed by atoms with Gasteiger partial charge >= 0.3 is 0 Å². The maximum Gasteiger partial charge on any atom is 0.279 e. The van der Waals surface area contributed by atoms with Crippen LogP contribution < -0.4 is 4.72 Å². The highest BCUT2D eigenvalue weighted by atomic mass is 32.2. The Labute approximate surface area is 85.9 Å². The molecule has 1 atom stereocenters. The van der Waals surface area contributed by atoms with Crippen molar-refractivity contribution in [1.82, 2.24) is 9.03 Å². The van der Waals surface area contributed by atoms with E-state index in [-0.39, 0.29) is 12.5 Å². The monoisotopic (exact) mass is 219 g/mol. The van der Waals surface area contributed by atoms with E-state index in [0.29, 0.717) is 6.54 Å². The Hall–Kier alpha value is -0.640. The van der Waals surface area contributed by atoms with E-state index in [4.69, 9.17) is 5.26 Å². The van der Waals surface area contributed by atoms with Crippen LogP contribution in [0.3, 0.4) is 0 Å². The maximum atomic E-state index is 11.5. The molecule has 0 aliphatic carbocycles. The normalized spacial score (nSPS) is 13.9.